The van der Waals surface area contributed by atoms with Crippen molar-refractivity contribution in [3.63, 3.8) is 0 Å². The van der Waals surface area contributed by atoms with Crippen LogP contribution < -0.4 is 15.4 Å². The Morgan fingerprint density at radius 3 is 2.81 bits per heavy atom. The molecule has 1 saturated heterocycles. The van der Waals surface area contributed by atoms with E-state index in [0.717, 1.165) is 11.3 Å². The molecule has 27 heavy (non-hydrogen) atoms. The zero-order valence-corrected chi connectivity index (χ0v) is 15.7. The van der Waals surface area contributed by atoms with Gasteiger partial charge in [0.1, 0.15) is 5.75 Å². The summed E-state index contributed by atoms with van der Waals surface area (Å²) in [4.78, 5) is 5.52. The summed E-state index contributed by atoms with van der Waals surface area (Å²) < 4.78 is 48.3. The Morgan fingerprint density at radius 2 is 2.11 bits per heavy atom. The Labute approximate surface area is 157 Å². The number of rotatable bonds is 8. The summed E-state index contributed by atoms with van der Waals surface area (Å²) in [5.74, 6) is 1.35. The molecule has 1 heterocycles. The number of hydrogen-bond acceptors (Lipinski definition) is 4. The van der Waals surface area contributed by atoms with Crippen LogP contribution in [0.3, 0.4) is 0 Å². The van der Waals surface area contributed by atoms with Gasteiger partial charge >= 0.3 is 6.18 Å². The molecule has 1 aliphatic rings. The molecule has 0 spiro atoms. The lowest BCUT2D eigenvalue weighted by atomic mass is 10.2. The number of nitrogens with one attached hydrogen (secondary N) is 2. The van der Waals surface area contributed by atoms with Gasteiger partial charge in [-0.15, -0.1) is 0 Å². The van der Waals surface area contributed by atoms with Crippen molar-refractivity contribution in [3.05, 3.63) is 29.8 Å². The molecule has 0 aliphatic carbocycles. The highest BCUT2D eigenvalue weighted by atomic mass is 19.4. The summed E-state index contributed by atoms with van der Waals surface area (Å²) in [6, 6.07) is 7.60. The van der Waals surface area contributed by atoms with Crippen molar-refractivity contribution in [1.29, 1.82) is 0 Å². The number of nitrogens with zero attached hydrogens (tertiary/aromatic N) is 2. The fourth-order valence-electron chi connectivity index (χ4n) is 2.98. The molecule has 0 radical (unpaired) electrons. The van der Waals surface area contributed by atoms with Gasteiger partial charge in [-0.2, -0.15) is 13.2 Å². The summed E-state index contributed by atoms with van der Waals surface area (Å²) >= 11 is 0. The van der Waals surface area contributed by atoms with Gasteiger partial charge in [0.05, 0.1) is 26.9 Å². The van der Waals surface area contributed by atoms with Gasteiger partial charge in [0.25, 0.3) is 0 Å². The van der Waals surface area contributed by atoms with Crippen molar-refractivity contribution in [1.82, 2.24) is 15.5 Å². The van der Waals surface area contributed by atoms with Crippen LogP contribution in [-0.4, -0.2) is 70.0 Å². The van der Waals surface area contributed by atoms with Crippen molar-refractivity contribution in [3.8, 4) is 5.75 Å². The Balaban J connectivity index is 1.65. The van der Waals surface area contributed by atoms with Gasteiger partial charge in [-0.3, -0.25) is 9.89 Å². The van der Waals surface area contributed by atoms with E-state index in [9.17, 15) is 13.2 Å². The number of methoxy groups -OCH3 is 1. The van der Waals surface area contributed by atoms with Crippen molar-refractivity contribution in [2.45, 2.75) is 25.2 Å². The lowest BCUT2D eigenvalue weighted by Crippen LogP contribution is -2.46. The topological polar surface area (TPSA) is 58.1 Å². The maximum absolute atomic E-state index is 12.5. The molecule has 0 bridgehead atoms. The van der Waals surface area contributed by atoms with E-state index in [1.807, 2.05) is 24.3 Å². The standard InChI is InChI=1S/C18H27F3N4O2/c1-22-17(24-15-7-9-25(11-15)13-18(19,20)21)23-8-10-27-12-14-5-3-4-6-16(14)26-2/h3-6,15H,7-13H2,1-2H3,(H2,22,23,24). The maximum Gasteiger partial charge on any atom is 0.401 e. The molecular formula is C18H27F3N4O2. The number of halogens is 3. The zero-order chi connectivity index (χ0) is 19.7. The molecule has 1 fully saturated rings. The van der Waals surface area contributed by atoms with Crippen LogP contribution >= 0.6 is 0 Å². The molecule has 2 rings (SSSR count). The first-order valence-corrected chi connectivity index (χ1v) is 8.87. The van der Waals surface area contributed by atoms with Crippen molar-refractivity contribution in [2.24, 2.45) is 4.99 Å². The molecule has 152 valence electrons. The number of alkyl halides is 3. The van der Waals surface area contributed by atoms with E-state index in [1.165, 1.54) is 4.90 Å². The van der Waals surface area contributed by atoms with E-state index < -0.39 is 12.7 Å². The van der Waals surface area contributed by atoms with Gasteiger partial charge in [-0.1, -0.05) is 18.2 Å². The van der Waals surface area contributed by atoms with E-state index in [-0.39, 0.29) is 6.04 Å². The minimum absolute atomic E-state index is 0.0481. The second kappa shape index (κ2) is 10.4. The van der Waals surface area contributed by atoms with Gasteiger partial charge in [-0.05, 0) is 12.5 Å². The Bertz CT molecular complexity index is 611. The van der Waals surface area contributed by atoms with E-state index in [2.05, 4.69) is 15.6 Å². The minimum Gasteiger partial charge on any atom is -0.496 e. The maximum atomic E-state index is 12.5. The summed E-state index contributed by atoms with van der Waals surface area (Å²) in [6.45, 7) is 1.35. The third-order valence-electron chi connectivity index (χ3n) is 4.23. The molecule has 0 amide bonds. The predicted molar refractivity (Wildman–Crippen MR) is 98.0 cm³/mol. The molecule has 2 N–H and O–H groups in total. The van der Waals surface area contributed by atoms with Gasteiger partial charge < -0.3 is 20.1 Å². The minimum atomic E-state index is -4.16. The van der Waals surface area contributed by atoms with Crippen LogP contribution in [0.25, 0.3) is 0 Å². The van der Waals surface area contributed by atoms with Gasteiger partial charge in [0.2, 0.25) is 0 Å². The summed E-state index contributed by atoms with van der Waals surface area (Å²) in [6.07, 6.45) is -3.51. The van der Waals surface area contributed by atoms with Crippen LogP contribution in [0.4, 0.5) is 13.2 Å². The molecular weight excluding hydrogens is 361 g/mol. The first-order valence-electron chi connectivity index (χ1n) is 8.87. The largest absolute Gasteiger partial charge is 0.496 e. The van der Waals surface area contributed by atoms with Crippen LogP contribution in [0.5, 0.6) is 5.75 Å². The lowest BCUT2D eigenvalue weighted by molar-refractivity contribution is -0.143. The number of para-hydroxylation sites is 1. The van der Waals surface area contributed by atoms with Crippen molar-refractivity contribution >= 4 is 5.96 Å². The second-order valence-corrected chi connectivity index (χ2v) is 6.34. The van der Waals surface area contributed by atoms with E-state index in [0.29, 0.717) is 45.2 Å². The molecule has 9 heteroatoms. The molecule has 1 aromatic rings. The molecule has 1 unspecified atom stereocenters. The fourth-order valence-corrected chi connectivity index (χ4v) is 2.98. The van der Waals surface area contributed by atoms with Crippen LogP contribution in [0.2, 0.25) is 0 Å². The van der Waals surface area contributed by atoms with Gasteiger partial charge in [-0.25, -0.2) is 0 Å². The average Bonchev–Trinajstić information content (AvgIpc) is 3.05. The Morgan fingerprint density at radius 1 is 1.33 bits per heavy atom. The number of benzene rings is 1. The number of likely N-dealkylation sites (tertiary alicyclic amines) is 1. The normalized spacial score (nSPS) is 18.6. The van der Waals surface area contributed by atoms with Crippen LogP contribution in [0.1, 0.15) is 12.0 Å². The van der Waals surface area contributed by atoms with Gasteiger partial charge in [0, 0.05) is 38.3 Å². The number of aliphatic imine (C=N–C) groups is 1. The first-order chi connectivity index (χ1) is 12.9. The van der Waals surface area contributed by atoms with E-state index in [1.54, 1.807) is 14.2 Å². The molecule has 1 aliphatic heterocycles. The zero-order valence-electron chi connectivity index (χ0n) is 15.7. The monoisotopic (exact) mass is 388 g/mol. The smallest absolute Gasteiger partial charge is 0.401 e. The molecule has 6 nitrogen and oxygen atoms in total. The molecule has 0 saturated carbocycles. The van der Waals surface area contributed by atoms with Crippen molar-refractivity contribution in [2.75, 3.05) is 46.9 Å². The Hall–Kier alpha value is -2.00. The highest BCUT2D eigenvalue weighted by molar-refractivity contribution is 5.80. The lowest BCUT2D eigenvalue weighted by Gasteiger charge is -2.19. The average molecular weight is 388 g/mol. The predicted octanol–water partition coefficient (Wildman–Crippen LogP) is 2.01. The van der Waals surface area contributed by atoms with E-state index in [4.69, 9.17) is 9.47 Å². The van der Waals surface area contributed by atoms with Crippen LogP contribution in [0.15, 0.2) is 29.3 Å². The fraction of sp³-hybridized carbons (Fsp3) is 0.611. The molecule has 0 aromatic heterocycles. The SMILES string of the molecule is CN=C(NCCOCc1ccccc1OC)NC1CCN(CC(F)(F)F)C1. The summed E-state index contributed by atoms with van der Waals surface area (Å²) in [5, 5.41) is 6.28. The quantitative estimate of drug-likeness (QED) is 0.405. The number of hydrogen-bond donors (Lipinski definition) is 2. The number of ether oxygens (including phenoxy) is 2. The first kappa shape index (κ1) is 21.3. The van der Waals surface area contributed by atoms with E-state index >= 15 is 0 Å². The van der Waals surface area contributed by atoms with Crippen molar-refractivity contribution < 1.29 is 22.6 Å². The van der Waals surface area contributed by atoms with Gasteiger partial charge in [0.15, 0.2) is 5.96 Å². The summed E-state index contributed by atoms with van der Waals surface area (Å²) in [7, 11) is 3.25. The summed E-state index contributed by atoms with van der Waals surface area (Å²) in [5.41, 5.74) is 0.971. The van der Waals surface area contributed by atoms with Crippen LogP contribution in [0, 0.1) is 0 Å². The highest BCUT2D eigenvalue weighted by Gasteiger charge is 2.34. The highest BCUT2D eigenvalue weighted by Crippen LogP contribution is 2.20. The second-order valence-electron chi connectivity index (χ2n) is 6.34. The number of guanidine groups is 1. The molecule has 1 atom stereocenters. The third-order valence-corrected chi connectivity index (χ3v) is 4.23. The Kier molecular flexibility index (Phi) is 8.18. The van der Waals surface area contributed by atoms with Crippen LogP contribution in [-0.2, 0) is 11.3 Å². The molecule has 1 aromatic carbocycles. The third kappa shape index (κ3) is 7.64.